The van der Waals surface area contributed by atoms with Crippen LogP contribution in [0.2, 0.25) is 0 Å². The lowest BCUT2D eigenvalue weighted by Crippen LogP contribution is -2.64. The second-order valence-corrected chi connectivity index (χ2v) is 18.7. The summed E-state index contributed by atoms with van der Waals surface area (Å²) in [6.07, 6.45) is 39.6. The maximum atomic E-state index is 12.8. The van der Waals surface area contributed by atoms with E-state index < -0.39 is 75.7 Å². The summed E-state index contributed by atoms with van der Waals surface area (Å²) in [6.45, 7) is 3.14. The lowest BCUT2D eigenvalue weighted by molar-refractivity contribution is -0.220. The predicted molar refractivity (Wildman–Crippen MR) is 262 cm³/mol. The molecule has 0 spiro atoms. The minimum atomic E-state index is -5.14. The molecule has 1 aliphatic carbocycles. The Kier molecular flexibility index (Phi) is 38.3. The Hall–Kier alpha value is -2.71. The fourth-order valence-electron chi connectivity index (χ4n) is 7.31. The lowest BCUT2D eigenvalue weighted by Gasteiger charge is -2.41. The van der Waals surface area contributed by atoms with Gasteiger partial charge < -0.3 is 39.9 Å². The summed E-state index contributed by atoms with van der Waals surface area (Å²) in [6, 6.07) is 0. The van der Waals surface area contributed by atoms with E-state index in [0.717, 1.165) is 51.4 Å². The van der Waals surface area contributed by atoms with Gasteiger partial charge in [0, 0.05) is 12.8 Å². The number of hydrogen-bond acceptors (Lipinski definition) is 12. The molecule has 0 aromatic carbocycles. The molecule has 0 radical (unpaired) electrons. The predicted octanol–water partition coefficient (Wildman–Crippen LogP) is 10.7. The molecule has 0 aromatic rings. The highest BCUT2D eigenvalue weighted by Crippen LogP contribution is 2.47. The number of unbranched alkanes of at least 4 members (excludes halogenated alkanes) is 17. The van der Waals surface area contributed by atoms with Crippen LogP contribution >= 0.6 is 7.82 Å². The second-order valence-electron chi connectivity index (χ2n) is 17.3. The molecule has 0 amide bonds. The Morgan fingerprint density at radius 2 is 0.864 bits per heavy atom. The maximum Gasteiger partial charge on any atom is 0.472 e. The maximum absolute atomic E-state index is 12.8. The van der Waals surface area contributed by atoms with Crippen molar-refractivity contribution in [1.29, 1.82) is 0 Å². The first-order valence-electron chi connectivity index (χ1n) is 25.2. The van der Waals surface area contributed by atoms with Crippen molar-refractivity contribution in [3.63, 3.8) is 0 Å². The first-order valence-corrected chi connectivity index (χ1v) is 26.7. The normalized spacial score (nSPS) is 21.9. The highest BCUT2D eigenvalue weighted by atomic mass is 31.2. The van der Waals surface area contributed by atoms with Crippen LogP contribution < -0.4 is 0 Å². The number of esters is 2. The minimum absolute atomic E-state index is 0.0300. The smallest absolute Gasteiger partial charge is 0.462 e. The Bertz CT molecular complexity index is 1430. The highest BCUT2D eigenvalue weighted by Gasteiger charge is 2.51. The summed E-state index contributed by atoms with van der Waals surface area (Å²) in [7, 11) is -5.14. The summed E-state index contributed by atoms with van der Waals surface area (Å²) in [5.74, 6) is -1.20. The molecular formula is C52H89O13P. The fourth-order valence-corrected chi connectivity index (χ4v) is 8.29. The average Bonchev–Trinajstić information content (AvgIpc) is 3.30. The summed E-state index contributed by atoms with van der Waals surface area (Å²) >= 11 is 0. The number of allylic oxidation sites excluding steroid dienone is 12. The van der Waals surface area contributed by atoms with Crippen molar-refractivity contribution < 1.29 is 63.1 Å². The van der Waals surface area contributed by atoms with Crippen molar-refractivity contribution in [3.8, 4) is 0 Å². The van der Waals surface area contributed by atoms with Crippen molar-refractivity contribution in [2.45, 2.75) is 230 Å². The van der Waals surface area contributed by atoms with Crippen LogP contribution in [0.25, 0.3) is 0 Å². The number of aliphatic hydroxyl groups is 5. The number of phosphoric acid groups is 1. The van der Waals surface area contributed by atoms with Crippen LogP contribution in [0.4, 0.5) is 0 Å². The SMILES string of the molecule is CC/C=C/C/C=C/C/C=C/C/C=C/C/C=C/C/C=C/CCC(=O)O[C@@H](COC(=O)CCCCCCCCCCCCCCCCCCCC)COP(=O)(O)OC1C(O)C(O)C(O)[C@H](O)C1O. The zero-order valence-electron chi connectivity index (χ0n) is 40.5. The third-order valence-corrected chi connectivity index (χ3v) is 12.3. The van der Waals surface area contributed by atoms with Crippen molar-refractivity contribution >= 4 is 19.8 Å². The van der Waals surface area contributed by atoms with E-state index in [2.05, 4.69) is 68.5 Å². The summed E-state index contributed by atoms with van der Waals surface area (Å²) in [4.78, 5) is 35.8. The third-order valence-electron chi connectivity index (χ3n) is 11.3. The quantitative estimate of drug-likeness (QED) is 0.0146. The van der Waals surface area contributed by atoms with E-state index in [1.807, 2.05) is 18.2 Å². The van der Waals surface area contributed by atoms with Gasteiger partial charge >= 0.3 is 19.8 Å². The van der Waals surface area contributed by atoms with Crippen LogP contribution in [-0.4, -0.2) is 98.3 Å². The molecular weight excluding hydrogens is 864 g/mol. The standard InChI is InChI=1S/C52H89O13P/c1-3-5-7-9-11-13-15-17-19-21-23-25-27-29-31-33-35-37-39-41-46(54)64-44(43-63-66(60,61)65-52-50(58)48(56)47(55)49(57)51(52)59)42-62-45(53)40-38-36-34-32-30-28-26-24-22-20-18-16-14-12-10-8-6-4-2/h5,7,11,13,17,19,23,25,29,31,35,37,44,47-52,55-59H,3-4,6,8-10,12,14-16,18,20-22,24,26-28,30,32-34,36,38-43H2,1-2H3,(H,60,61)/b7-5+,13-11+,19-17+,25-23+,31-29+,37-35+/t44-,47?,48-,49?,50?,51?,52?/m0/s1. The van der Waals surface area contributed by atoms with E-state index >= 15 is 0 Å². The highest BCUT2D eigenvalue weighted by molar-refractivity contribution is 7.47. The van der Waals surface area contributed by atoms with Crippen LogP contribution in [0.15, 0.2) is 72.9 Å². The molecule has 13 nitrogen and oxygen atoms in total. The Balaban J connectivity index is 2.47. The van der Waals surface area contributed by atoms with Crippen molar-refractivity contribution in [2.24, 2.45) is 0 Å². The molecule has 0 bridgehead atoms. The van der Waals surface area contributed by atoms with Gasteiger partial charge in [0.15, 0.2) is 6.10 Å². The summed E-state index contributed by atoms with van der Waals surface area (Å²) in [5, 5.41) is 50.2. The van der Waals surface area contributed by atoms with Gasteiger partial charge in [0.2, 0.25) is 0 Å². The molecule has 66 heavy (non-hydrogen) atoms. The molecule has 1 rings (SSSR count). The van der Waals surface area contributed by atoms with Gasteiger partial charge in [-0.1, -0.05) is 196 Å². The number of rotatable bonds is 41. The Labute approximate surface area is 397 Å². The van der Waals surface area contributed by atoms with E-state index in [-0.39, 0.29) is 12.8 Å². The number of hydrogen-bond donors (Lipinski definition) is 6. The molecule has 0 aromatic heterocycles. The monoisotopic (exact) mass is 953 g/mol. The Morgan fingerprint density at radius 3 is 1.29 bits per heavy atom. The molecule has 380 valence electrons. The van der Waals surface area contributed by atoms with E-state index in [4.69, 9.17) is 18.5 Å². The zero-order valence-corrected chi connectivity index (χ0v) is 41.4. The summed E-state index contributed by atoms with van der Waals surface area (Å²) < 4.78 is 33.5. The average molecular weight is 953 g/mol. The van der Waals surface area contributed by atoms with E-state index in [9.17, 15) is 44.6 Å². The zero-order chi connectivity index (χ0) is 48.5. The lowest BCUT2D eigenvalue weighted by atomic mass is 9.85. The fraction of sp³-hybridized carbons (Fsp3) is 0.731. The van der Waals surface area contributed by atoms with E-state index in [0.29, 0.717) is 19.3 Å². The van der Waals surface area contributed by atoms with Crippen molar-refractivity contribution in [1.82, 2.24) is 0 Å². The first-order chi connectivity index (χ1) is 31.9. The number of carbonyl (C=O) groups excluding carboxylic acids is 2. The molecule has 0 aliphatic heterocycles. The number of carbonyl (C=O) groups is 2. The minimum Gasteiger partial charge on any atom is -0.462 e. The van der Waals surface area contributed by atoms with E-state index in [1.54, 1.807) is 0 Å². The molecule has 1 aliphatic rings. The number of aliphatic hydroxyl groups excluding tert-OH is 5. The van der Waals surface area contributed by atoms with Gasteiger partial charge in [-0.25, -0.2) is 4.57 Å². The summed E-state index contributed by atoms with van der Waals surface area (Å²) in [5.41, 5.74) is 0. The van der Waals surface area contributed by atoms with Crippen LogP contribution in [0.5, 0.6) is 0 Å². The van der Waals surface area contributed by atoms with Crippen LogP contribution in [-0.2, 0) is 32.7 Å². The van der Waals surface area contributed by atoms with Gasteiger partial charge in [0.05, 0.1) is 6.61 Å². The van der Waals surface area contributed by atoms with Gasteiger partial charge in [-0.15, -0.1) is 0 Å². The van der Waals surface area contributed by atoms with Crippen molar-refractivity contribution in [2.75, 3.05) is 13.2 Å². The van der Waals surface area contributed by atoms with E-state index in [1.165, 1.54) is 89.9 Å². The van der Waals surface area contributed by atoms with Crippen LogP contribution in [0.1, 0.15) is 187 Å². The number of ether oxygens (including phenoxy) is 2. The first kappa shape index (κ1) is 61.3. The largest absolute Gasteiger partial charge is 0.472 e. The van der Waals surface area contributed by atoms with Crippen LogP contribution in [0.3, 0.4) is 0 Å². The molecule has 0 saturated heterocycles. The molecule has 1 saturated carbocycles. The molecule has 8 atom stereocenters. The van der Waals surface area contributed by atoms with Gasteiger partial charge in [-0.3, -0.25) is 18.6 Å². The van der Waals surface area contributed by atoms with Gasteiger partial charge in [0.25, 0.3) is 0 Å². The Morgan fingerprint density at radius 1 is 0.485 bits per heavy atom. The van der Waals surface area contributed by atoms with Gasteiger partial charge in [-0.05, 0) is 51.4 Å². The van der Waals surface area contributed by atoms with Gasteiger partial charge in [0.1, 0.15) is 43.2 Å². The number of phosphoric ester groups is 1. The molecule has 1 fully saturated rings. The third kappa shape index (κ3) is 32.9. The van der Waals surface area contributed by atoms with Gasteiger partial charge in [-0.2, -0.15) is 0 Å². The topological polar surface area (TPSA) is 210 Å². The molecule has 6 unspecified atom stereocenters. The molecule has 6 N–H and O–H groups in total. The molecule has 14 heteroatoms. The second kappa shape index (κ2) is 41.3. The van der Waals surface area contributed by atoms with Crippen molar-refractivity contribution in [3.05, 3.63) is 72.9 Å². The molecule has 0 heterocycles. The van der Waals surface area contributed by atoms with Crippen LogP contribution in [0, 0.1) is 0 Å².